The second-order valence-corrected chi connectivity index (χ2v) is 5.30. The Morgan fingerprint density at radius 1 is 1.23 bits per heavy atom. The Kier molecular flexibility index (Phi) is 3.36. The van der Waals surface area contributed by atoms with Crippen molar-refractivity contribution in [3.63, 3.8) is 0 Å². The van der Waals surface area contributed by atoms with Gasteiger partial charge in [0.25, 0.3) is 0 Å². The lowest BCUT2D eigenvalue weighted by atomic mass is 9.75. The van der Waals surface area contributed by atoms with Gasteiger partial charge >= 0.3 is 0 Å². The molecule has 2 atom stereocenters. The standard InChI is InChI=1S/C11H24N2/c1-11(2,12)9-6-5-7-10(8-9)13(3)4/h9-10H,5-8,12H2,1-4H3. The molecule has 0 radical (unpaired) electrons. The SMILES string of the molecule is CN(C)C1CCCC(C(C)(C)N)C1. The van der Waals surface area contributed by atoms with E-state index in [1.807, 2.05) is 0 Å². The lowest BCUT2D eigenvalue weighted by Crippen LogP contribution is -2.46. The van der Waals surface area contributed by atoms with Crippen molar-refractivity contribution < 1.29 is 0 Å². The molecule has 0 aromatic carbocycles. The third kappa shape index (κ3) is 2.96. The van der Waals surface area contributed by atoms with Gasteiger partial charge in [-0.15, -0.1) is 0 Å². The highest BCUT2D eigenvalue weighted by atomic mass is 15.1. The van der Waals surface area contributed by atoms with Crippen LogP contribution in [0.15, 0.2) is 0 Å². The third-order valence-electron chi connectivity index (χ3n) is 3.43. The Balaban J connectivity index is 2.52. The van der Waals surface area contributed by atoms with Crippen LogP contribution >= 0.6 is 0 Å². The molecule has 0 spiro atoms. The maximum Gasteiger partial charge on any atom is 0.0126 e. The maximum absolute atomic E-state index is 6.15. The summed E-state index contributed by atoms with van der Waals surface area (Å²) >= 11 is 0. The van der Waals surface area contributed by atoms with Crippen LogP contribution in [0, 0.1) is 5.92 Å². The quantitative estimate of drug-likeness (QED) is 0.709. The zero-order chi connectivity index (χ0) is 10.1. The topological polar surface area (TPSA) is 29.3 Å². The molecule has 1 aliphatic carbocycles. The molecule has 0 heterocycles. The van der Waals surface area contributed by atoms with Gasteiger partial charge in [0, 0.05) is 11.6 Å². The monoisotopic (exact) mass is 184 g/mol. The molecule has 0 saturated heterocycles. The van der Waals surface area contributed by atoms with Crippen molar-refractivity contribution in [2.45, 2.75) is 51.1 Å². The molecule has 2 heteroatoms. The van der Waals surface area contributed by atoms with E-state index in [4.69, 9.17) is 5.73 Å². The summed E-state index contributed by atoms with van der Waals surface area (Å²) < 4.78 is 0. The van der Waals surface area contributed by atoms with E-state index in [0.29, 0.717) is 5.92 Å². The van der Waals surface area contributed by atoms with Crippen molar-refractivity contribution in [3.8, 4) is 0 Å². The van der Waals surface area contributed by atoms with Crippen molar-refractivity contribution in [1.82, 2.24) is 4.90 Å². The average molecular weight is 184 g/mol. The van der Waals surface area contributed by atoms with E-state index in [1.165, 1.54) is 25.7 Å². The first-order valence-electron chi connectivity index (χ1n) is 5.36. The van der Waals surface area contributed by atoms with E-state index < -0.39 is 0 Å². The summed E-state index contributed by atoms with van der Waals surface area (Å²) in [6.45, 7) is 4.32. The predicted molar refractivity (Wildman–Crippen MR) is 57.7 cm³/mol. The van der Waals surface area contributed by atoms with Crippen LogP contribution in [0.5, 0.6) is 0 Å². The molecule has 0 aliphatic heterocycles. The second kappa shape index (κ2) is 3.97. The fourth-order valence-corrected chi connectivity index (χ4v) is 2.31. The first kappa shape index (κ1) is 11.0. The van der Waals surface area contributed by atoms with Gasteiger partial charge in [0.2, 0.25) is 0 Å². The number of hydrogen-bond donors (Lipinski definition) is 1. The minimum atomic E-state index is 0.00861. The van der Waals surface area contributed by atoms with E-state index in [0.717, 1.165) is 6.04 Å². The lowest BCUT2D eigenvalue weighted by Gasteiger charge is -2.39. The highest BCUT2D eigenvalue weighted by molar-refractivity contribution is 4.89. The molecule has 2 N–H and O–H groups in total. The molecule has 1 saturated carbocycles. The minimum absolute atomic E-state index is 0.00861. The van der Waals surface area contributed by atoms with Gasteiger partial charge in [-0.25, -0.2) is 0 Å². The highest BCUT2D eigenvalue weighted by Crippen LogP contribution is 2.32. The highest BCUT2D eigenvalue weighted by Gasteiger charge is 2.31. The lowest BCUT2D eigenvalue weighted by molar-refractivity contribution is 0.144. The van der Waals surface area contributed by atoms with Crippen molar-refractivity contribution >= 4 is 0 Å². The second-order valence-electron chi connectivity index (χ2n) is 5.30. The minimum Gasteiger partial charge on any atom is -0.325 e. The molecular weight excluding hydrogens is 160 g/mol. The zero-order valence-corrected chi connectivity index (χ0v) is 9.51. The van der Waals surface area contributed by atoms with Gasteiger partial charge in [0.05, 0.1) is 0 Å². The Morgan fingerprint density at radius 2 is 1.85 bits per heavy atom. The number of hydrogen-bond acceptors (Lipinski definition) is 2. The molecule has 1 rings (SSSR count). The molecule has 1 fully saturated rings. The Hall–Kier alpha value is -0.0800. The Bertz CT molecular complexity index is 158. The van der Waals surface area contributed by atoms with E-state index >= 15 is 0 Å². The molecule has 1 aliphatic rings. The molecule has 0 amide bonds. The van der Waals surface area contributed by atoms with E-state index in [-0.39, 0.29) is 5.54 Å². The van der Waals surface area contributed by atoms with Crippen molar-refractivity contribution in [2.24, 2.45) is 11.7 Å². The van der Waals surface area contributed by atoms with E-state index in [9.17, 15) is 0 Å². The largest absolute Gasteiger partial charge is 0.325 e. The number of nitrogens with zero attached hydrogens (tertiary/aromatic N) is 1. The van der Waals surface area contributed by atoms with Gasteiger partial charge < -0.3 is 10.6 Å². The Labute approximate surface area is 82.5 Å². The fourth-order valence-electron chi connectivity index (χ4n) is 2.31. The molecule has 0 bridgehead atoms. The zero-order valence-electron chi connectivity index (χ0n) is 9.51. The molecule has 2 nitrogen and oxygen atoms in total. The molecule has 0 aromatic rings. The van der Waals surface area contributed by atoms with Gasteiger partial charge in [0.15, 0.2) is 0 Å². The maximum atomic E-state index is 6.15. The predicted octanol–water partition coefficient (Wildman–Crippen LogP) is 1.84. The molecule has 78 valence electrons. The molecule has 0 aromatic heterocycles. The summed E-state index contributed by atoms with van der Waals surface area (Å²) in [6.07, 6.45) is 5.28. The summed E-state index contributed by atoms with van der Waals surface area (Å²) in [4.78, 5) is 2.35. The van der Waals surface area contributed by atoms with Gasteiger partial charge in [-0.05, 0) is 53.1 Å². The van der Waals surface area contributed by atoms with Crippen LogP contribution in [0.1, 0.15) is 39.5 Å². The number of rotatable bonds is 2. The van der Waals surface area contributed by atoms with Crippen LogP contribution in [-0.4, -0.2) is 30.6 Å². The smallest absolute Gasteiger partial charge is 0.0126 e. The van der Waals surface area contributed by atoms with Gasteiger partial charge in [-0.3, -0.25) is 0 Å². The molecular formula is C11H24N2. The number of nitrogens with two attached hydrogens (primary N) is 1. The summed E-state index contributed by atoms with van der Waals surface area (Å²) in [5.74, 6) is 0.702. The van der Waals surface area contributed by atoms with Gasteiger partial charge in [-0.1, -0.05) is 6.42 Å². The van der Waals surface area contributed by atoms with Gasteiger partial charge in [-0.2, -0.15) is 0 Å². The van der Waals surface area contributed by atoms with Crippen molar-refractivity contribution in [1.29, 1.82) is 0 Å². The first-order chi connectivity index (χ1) is 5.91. The van der Waals surface area contributed by atoms with Crippen LogP contribution in [0.3, 0.4) is 0 Å². The summed E-state index contributed by atoms with van der Waals surface area (Å²) in [6, 6.07) is 0.751. The van der Waals surface area contributed by atoms with Gasteiger partial charge in [0.1, 0.15) is 0 Å². The van der Waals surface area contributed by atoms with Crippen molar-refractivity contribution in [2.75, 3.05) is 14.1 Å². The normalized spacial score (nSPS) is 30.9. The van der Waals surface area contributed by atoms with Crippen molar-refractivity contribution in [3.05, 3.63) is 0 Å². The van der Waals surface area contributed by atoms with Crippen LogP contribution < -0.4 is 5.73 Å². The summed E-state index contributed by atoms with van der Waals surface area (Å²) in [7, 11) is 4.35. The van der Waals surface area contributed by atoms with E-state index in [1.54, 1.807) is 0 Å². The Morgan fingerprint density at radius 3 is 2.31 bits per heavy atom. The van der Waals surface area contributed by atoms with Crippen LogP contribution in [0.25, 0.3) is 0 Å². The molecule has 2 unspecified atom stereocenters. The van der Waals surface area contributed by atoms with Crippen LogP contribution in [0.4, 0.5) is 0 Å². The fraction of sp³-hybridized carbons (Fsp3) is 1.00. The average Bonchev–Trinajstić information content (AvgIpc) is 2.03. The van der Waals surface area contributed by atoms with Crippen LogP contribution in [-0.2, 0) is 0 Å². The summed E-state index contributed by atoms with van der Waals surface area (Å²) in [5.41, 5.74) is 6.16. The third-order valence-corrected chi connectivity index (χ3v) is 3.43. The van der Waals surface area contributed by atoms with Crippen LogP contribution in [0.2, 0.25) is 0 Å². The first-order valence-corrected chi connectivity index (χ1v) is 5.36. The van der Waals surface area contributed by atoms with E-state index in [2.05, 4.69) is 32.8 Å². The summed E-state index contributed by atoms with van der Waals surface area (Å²) in [5, 5.41) is 0. The molecule has 13 heavy (non-hydrogen) atoms.